The van der Waals surface area contributed by atoms with Crippen molar-refractivity contribution in [2.75, 3.05) is 0 Å². The van der Waals surface area contributed by atoms with Crippen molar-refractivity contribution >= 4 is 97.7 Å². The Morgan fingerprint density at radius 1 is 0.259 bits per heavy atom. The minimum absolute atomic E-state index is 0.788. The van der Waals surface area contributed by atoms with Crippen molar-refractivity contribution in [3.63, 3.8) is 0 Å². The summed E-state index contributed by atoms with van der Waals surface area (Å²) in [5, 5.41) is 16.7. The highest BCUT2D eigenvalue weighted by Gasteiger charge is 2.21. The molecular weight excluding hydrogens is 705 g/mol. The third kappa shape index (κ3) is 4.37. The third-order valence-corrected chi connectivity index (χ3v) is 12.5. The zero-order valence-electron chi connectivity index (χ0n) is 31.3. The largest absolute Gasteiger partial charge is 0.452 e. The van der Waals surface area contributed by atoms with Gasteiger partial charge in [0.1, 0.15) is 11.2 Å². The van der Waals surface area contributed by atoms with Gasteiger partial charge in [0.15, 0.2) is 11.2 Å². The van der Waals surface area contributed by atoms with Crippen molar-refractivity contribution in [1.82, 2.24) is 0 Å². The lowest BCUT2D eigenvalue weighted by molar-refractivity contribution is 0.633. The second kappa shape index (κ2) is 11.9. The molecule has 2 heterocycles. The van der Waals surface area contributed by atoms with E-state index in [1.54, 1.807) is 0 Å². The molecule has 13 rings (SSSR count). The Bertz CT molecular complexity index is 3800. The van der Waals surface area contributed by atoms with Crippen LogP contribution in [0.4, 0.5) is 0 Å². The first-order chi connectivity index (χ1) is 28.8. The second-order valence-electron chi connectivity index (χ2n) is 15.5. The van der Waals surface area contributed by atoms with E-state index in [0.717, 1.165) is 49.4 Å². The maximum atomic E-state index is 6.62. The molecule has 0 bridgehead atoms. The maximum absolute atomic E-state index is 6.62. The Labute approximate surface area is 332 Å². The molecule has 0 unspecified atom stereocenters. The molecule has 0 amide bonds. The summed E-state index contributed by atoms with van der Waals surface area (Å²) >= 11 is 0. The van der Waals surface area contributed by atoms with Gasteiger partial charge in [-0.2, -0.15) is 0 Å². The summed E-state index contributed by atoms with van der Waals surface area (Å²) in [6.45, 7) is 0. The summed E-state index contributed by atoms with van der Waals surface area (Å²) in [4.78, 5) is 0. The van der Waals surface area contributed by atoms with E-state index in [1.807, 2.05) is 0 Å². The molecule has 0 aliphatic carbocycles. The molecule has 0 radical (unpaired) electrons. The Kier molecular flexibility index (Phi) is 6.47. The molecule has 0 atom stereocenters. The lowest BCUT2D eigenvalue weighted by Gasteiger charge is -2.20. The van der Waals surface area contributed by atoms with Crippen LogP contribution < -0.4 is 0 Å². The van der Waals surface area contributed by atoms with Gasteiger partial charge in [-0.25, -0.2) is 0 Å². The Morgan fingerprint density at radius 2 is 0.741 bits per heavy atom. The summed E-state index contributed by atoms with van der Waals surface area (Å²) in [6, 6.07) is 70.5. The number of hydrogen-bond acceptors (Lipinski definition) is 2. The van der Waals surface area contributed by atoms with Crippen molar-refractivity contribution in [1.29, 1.82) is 0 Å². The van der Waals surface area contributed by atoms with E-state index in [-0.39, 0.29) is 0 Å². The molecule has 0 fully saturated rings. The van der Waals surface area contributed by atoms with Crippen molar-refractivity contribution in [3.8, 4) is 33.4 Å². The molecule has 2 heteroatoms. The van der Waals surface area contributed by atoms with Crippen LogP contribution >= 0.6 is 0 Å². The average Bonchev–Trinajstić information content (AvgIpc) is 3.86. The molecule has 58 heavy (non-hydrogen) atoms. The summed E-state index contributed by atoms with van der Waals surface area (Å²) in [5.74, 6) is 0. The zero-order chi connectivity index (χ0) is 37.9. The molecule has 2 aromatic heterocycles. The van der Waals surface area contributed by atoms with Gasteiger partial charge in [0, 0.05) is 21.5 Å². The second-order valence-corrected chi connectivity index (χ2v) is 15.5. The first-order valence-corrected chi connectivity index (χ1v) is 19.9. The Hall–Kier alpha value is -7.68. The van der Waals surface area contributed by atoms with Gasteiger partial charge >= 0.3 is 0 Å². The van der Waals surface area contributed by atoms with Gasteiger partial charge < -0.3 is 8.83 Å². The number of fused-ring (bicyclic) bond motifs is 13. The van der Waals surface area contributed by atoms with E-state index < -0.39 is 0 Å². The van der Waals surface area contributed by atoms with Gasteiger partial charge in [-0.3, -0.25) is 0 Å². The lowest BCUT2D eigenvalue weighted by atomic mass is 9.83. The minimum atomic E-state index is 0.788. The molecule has 0 spiro atoms. The highest BCUT2D eigenvalue weighted by atomic mass is 16.4. The topological polar surface area (TPSA) is 26.3 Å². The fourth-order valence-electron chi connectivity index (χ4n) is 9.93. The van der Waals surface area contributed by atoms with Crippen LogP contribution in [0.5, 0.6) is 0 Å². The molecular formula is C56H32O2. The van der Waals surface area contributed by atoms with Gasteiger partial charge in [-0.1, -0.05) is 164 Å². The van der Waals surface area contributed by atoms with E-state index in [2.05, 4.69) is 194 Å². The molecule has 268 valence electrons. The lowest BCUT2D eigenvalue weighted by Crippen LogP contribution is -1.93. The summed E-state index contributed by atoms with van der Waals surface area (Å²) in [7, 11) is 0. The molecule has 11 aromatic carbocycles. The van der Waals surface area contributed by atoms with Crippen molar-refractivity contribution in [2.45, 2.75) is 0 Å². The predicted molar refractivity (Wildman–Crippen MR) is 245 cm³/mol. The quantitative estimate of drug-likeness (QED) is 0.169. The molecule has 0 saturated carbocycles. The molecule has 0 aliphatic rings. The minimum Gasteiger partial charge on any atom is -0.452 e. The highest BCUT2D eigenvalue weighted by molar-refractivity contribution is 6.27. The van der Waals surface area contributed by atoms with Gasteiger partial charge in [0.05, 0.1) is 0 Å². The molecule has 2 nitrogen and oxygen atoms in total. The van der Waals surface area contributed by atoms with Crippen LogP contribution in [-0.4, -0.2) is 0 Å². The van der Waals surface area contributed by atoms with Crippen LogP contribution in [-0.2, 0) is 0 Å². The van der Waals surface area contributed by atoms with E-state index >= 15 is 0 Å². The SMILES string of the molecule is c1ccc2c(-c3c4ccccc4c(-c4ccc(-c5ccc6oc7c(ccc8c7oc7ccc9ccccc9c78)c6c5)c5ccccc45)c4ccccc34)cccc2c1. The monoisotopic (exact) mass is 736 g/mol. The van der Waals surface area contributed by atoms with Gasteiger partial charge in [-0.15, -0.1) is 0 Å². The van der Waals surface area contributed by atoms with Gasteiger partial charge in [0.2, 0.25) is 0 Å². The maximum Gasteiger partial charge on any atom is 0.178 e. The fourth-order valence-corrected chi connectivity index (χ4v) is 9.93. The average molecular weight is 737 g/mol. The number of rotatable bonds is 3. The van der Waals surface area contributed by atoms with E-state index in [0.29, 0.717) is 0 Å². The van der Waals surface area contributed by atoms with Gasteiger partial charge in [-0.05, 0) is 118 Å². The Morgan fingerprint density at radius 3 is 1.45 bits per heavy atom. The van der Waals surface area contributed by atoms with Gasteiger partial charge in [0.25, 0.3) is 0 Å². The summed E-state index contributed by atoms with van der Waals surface area (Å²) in [5.41, 5.74) is 10.7. The fraction of sp³-hybridized carbons (Fsp3) is 0. The summed E-state index contributed by atoms with van der Waals surface area (Å²) in [6.07, 6.45) is 0. The normalized spacial score (nSPS) is 12.1. The van der Waals surface area contributed by atoms with Crippen LogP contribution in [0.15, 0.2) is 203 Å². The molecule has 0 N–H and O–H groups in total. The van der Waals surface area contributed by atoms with Crippen molar-refractivity contribution in [3.05, 3.63) is 194 Å². The smallest absolute Gasteiger partial charge is 0.178 e. The van der Waals surface area contributed by atoms with E-state index in [4.69, 9.17) is 8.83 Å². The molecule has 0 aliphatic heterocycles. The standard InChI is InChI=1S/C56H32O2/c1-3-15-36-33(12-1)14-11-23-41(36)52-42-19-7-9-21-44(42)53(45-22-10-8-20-43(45)52)46-27-26-37(39-17-5-6-18-40(39)46)35-25-30-50-49(32-35)47-28-29-48-54-38-16-4-2-13-34(38)24-31-51(54)58-56(48)55(47)57-50/h1-32H. The predicted octanol–water partition coefficient (Wildman–Crippen LogP) is 16.3. The van der Waals surface area contributed by atoms with Crippen LogP contribution in [0, 0.1) is 0 Å². The van der Waals surface area contributed by atoms with Crippen molar-refractivity contribution in [2.24, 2.45) is 0 Å². The summed E-state index contributed by atoms with van der Waals surface area (Å²) < 4.78 is 13.2. The van der Waals surface area contributed by atoms with E-state index in [1.165, 1.54) is 81.7 Å². The Balaban J connectivity index is 1.02. The van der Waals surface area contributed by atoms with Crippen molar-refractivity contribution < 1.29 is 8.83 Å². The van der Waals surface area contributed by atoms with Crippen LogP contribution in [0.2, 0.25) is 0 Å². The number of benzene rings is 11. The first-order valence-electron chi connectivity index (χ1n) is 19.9. The van der Waals surface area contributed by atoms with E-state index in [9.17, 15) is 0 Å². The van der Waals surface area contributed by atoms with Crippen LogP contribution in [0.1, 0.15) is 0 Å². The first kappa shape index (κ1) is 31.5. The number of furan rings is 2. The van der Waals surface area contributed by atoms with Crippen LogP contribution in [0.3, 0.4) is 0 Å². The third-order valence-electron chi connectivity index (χ3n) is 12.5. The highest BCUT2D eigenvalue weighted by Crippen LogP contribution is 2.48. The number of hydrogen-bond donors (Lipinski definition) is 0. The molecule has 0 saturated heterocycles. The zero-order valence-corrected chi connectivity index (χ0v) is 31.3. The molecule has 13 aromatic rings. The van der Waals surface area contributed by atoms with Crippen LogP contribution in [0.25, 0.3) is 131 Å².